The number of fused-ring (bicyclic) bond motifs is 2. The SMILES string of the molecule is COC(=O)C1C2CCC(CC1c1ccc(N=[N+]=[N-])c(I)c1)N2. The van der Waals surface area contributed by atoms with E-state index in [0.717, 1.165) is 28.4 Å². The van der Waals surface area contributed by atoms with Crippen molar-refractivity contribution in [2.75, 3.05) is 7.11 Å². The summed E-state index contributed by atoms with van der Waals surface area (Å²) in [5, 5.41) is 7.21. The van der Waals surface area contributed by atoms with Crippen molar-refractivity contribution in [1.82, 2.24) is 5.32 Å². The van der Waals surface area contributed by atoms with Gasteiger partial charge in [-0.1, -0.05) is 17.2 Å². The summed E-state index contributed by atoms with van der Waals surface area (Å²) in [7, 11) is 1.45. The molecule has 2 saturated heterocycles. The molecule has 4 unspecified atom stereocenters. The van der Waals surface area contributed by atoms with Crippen LogP contribution in [-0.4, -0.2) is 25.2 Å². The van der Waals surface area contributed by atoms with Crippen LogP contribution in [0.25, 0.3) is 10.4 Å². The van der Waals surface area contributed by atoms with Crippen LogP contribution in [0, 0.1) is 9.49 Å². The predicted octanol–water partition coefficient (Wildman–Crippen LogP) is 3.63. The zero-order chi connectivity index (χ0) is 15.7. The summed E-state index contributed by atoms with van der Waals surface area (Å²) in [6, 6.07) is 6.50. The summed E-state index contributed by atoms with van der Waals surface area (Å²) in [6.07, 6.45) is 3.07. The Labute approximate surface area is 142 Å². The van der Waals surface area contributed by atoms with Crippen molar-refractivity contribution in [3.8, 4) is 0 Å². The monoisotopic (exact) mass is 412 g/mol. The number of azide groups is 1. The number of halogens is 1. The molecule has 1 aromatic carbocycles. The first-order valence-electron chi connectivity index (χ1n) is 7.32. The van der Waals surface area contributed by atoms with Crippen LogP contribution < -0.4 is 5.32 Å². The molecular formula is C15H17IN4O2. The molecule has 2 fully saturated rings. The number of methoxy groups -OCH3 is 1. The number of esters is 1. The Morgan fingerprint density at radius 2 is 2.32 bits per heavy atom. The van der Waals surface area contributed by atoms with Crippen molar-refractivity contribution in [2.45, 2.75) is 37.3 Å². The molecule has 2 bridgehead atoms. The summed E-state index contributed by atoms with van der Waals surface area (Å²) < 4.78 is 5.94. The fourth-order valence-electron chi connectivity index (χ4n) is 3.74. The van der Waals surface area contributed by atoms with E-state index < -0.39 is 0 Å². The standard InChI is InChI=1S/C15H17IN4O2/c1-22-15(21)14-10(7-9-3-5-13(14)18-9)8-2-4-12(19-20-17)11(16)6-8/h2,4,6,9-10,13-14,18H,3,5,7H2,1H3. The molecule has 0 spiro atoms. The van der Waals surface area contributed by atoms with Crippen molar-refractivity contribution < 1.29 is 9.53 Å². The molecule has 0 amide bonds. The minimum Gasteiger partial charge on any atom is -0.469 e. The molecule has 2 heterocycles. The molecule has 1 N–H and O–H groups in total. The van der Waals surface area contributed by atoms with Gasteiger partial charge in [-0.05, 0) is 59.0 Å². The van der Waals surface area contributed by atoms with Crippen LogP contribution in [0.15, 0.2) is 23.3 Å². The largest absolute Gasteiger partial charge is 0.469 e. The number of rotatable bonds is 3. The fourth-order valence-corrected chi connectivity index (χ4v) is 4.39. The van der Waals surface area contributed by atoms with E-state index >= 15 is 0 Å². The van der Waals surface area contributed by atoms with Gasteiger partial charge in [0.1, 0.15) is 0 Å². The highest BCUT2D eigenvalue weighted by atomic mass is 127. The van der Waals surface area contributed by atoms with Gasteiger partial charge in [0, 0.05) is 26.5 Å². The Hall–Kier alpha value is -1.31. The van der Waals surface area contributed by atoms with Gasteiger partial charge in [0.15, 0.2) is 0 Å². The van der Waals surface area contributed by atoms with Crippen molar-refractivity contribution in [1.29, 1.82) is 0 Å². The quantitative estimate of drug-likeness (QED) is 0.271. The molecule has 1 aromatic rings. The Balaban J connectivity index is 1.95. The summed E-state index contributed by atoms with van der Waals surface area (Å²) in [4.78, 5) is 15.1. The molecule has 0 radical (unpaired) electrons. The third kappa shape index (κ3) is 2.80. The summed E-state index contributed by atoms with van der Waals surface area (Å²) >= 11 is 2.17. The van der Waals surface area contributed by atoms with E-state index in [0.29, 0.717) is 11.7 Å². The Morgan fingerprint density at radius 1 is 1.50 bits per heavy atom. The number of nitrogens with zero attached hydrogens (tertiary/aromatic N) is 3. The number of hydrogen-bond donors (Lipinski definition) is 1. The van der Waals surface area contributed by atoms with Gasteiger partial charge in [0.25, 0.3) is 0 Å². The number of hydrogen-bond acceptors (Lipinski definition) is 4. The van der Waals surface area contributed by atoms with Gasteiger partial charge in [-0.15, -0.1) is 0 Å². The topological polar surface area (TPSA) is 87.1 Å². The average molecular weight is 412 g/mol. The molecule has 3 rings (SSSR count). The van der Waals surface area contributed by atoms with E-state index in [4.69, 9.17) is 10.3 Å². The lowest BCUT2D eigenvalue weighted by Gasteiger charge is -2.36. The van der Waals surface area contributed by atoms with Gasteiger partial charge in [0.05, 0.1) is 18.7 Å². The minimum atomic E-state index is -0.148. The predicted molar refractivity (Wildman–Crippen MR) is 90.8 cm³/mol. The maximum atomic E-state index is 12.3. The third-order valence-electron chi connectivity index (χ3n) is 4.71. The molecular weight excluding hydrogens is 395 g/mol. The molecule has 0 saturated carbocycles. The zero-order valence-corrected chi connectivity index (χ0v) is 14.4. The number of carbonyl (C=O) groups excluding carboxylic acids is 1. The Bertz CT molecular complexity index is 644. The van der Waals surface area contributed by atoms with E-state index in [2.05, 4.69) is 37.9 Å². The molecule has 2 aliphatic heterocycles. The second-order valence-corrected chi connectivity index (χ2v) is 7.00. The molecule has 2 aliphatic rings. The van der Waals surface area contributed by atoms with Crippen LogP contribution in [0.5, 0.6) is 0 Å². The number of piperidine rings is 1. The van der Waals surface area contributed by atoms with E-state index in [1.807, 2.05) is 18.2 Å². The van der Waals surface area contributed by atoms with Gasteiger partial charge in [-0.2, -0.15) is 0 Å². The molecule has 0 aliphatic carbocycles. The number of carbonyl (C=O) groups is 1. The molecule has 0 aromatic heterocycles. The molecule has 116 valence electrons. The highest BCUT2D eigenvalue weighted by Crippen LogP contribution is 2.43. The lowest BCUT2D eigenvalue weighted by Crippen LogP contribution is -2.48. The van der Waals surface area contributed by atoms with Crippen molar-refractivity contribution in [3.63, 3.8) is 0 Å². The summed E-state index contributed by atoms with van der Waals surface area (Å²) in [5.74, 6) is -0.137. The van der Waals surface area contributed by atoms with Gasteiger partial charge in [-0.3, -0.25) is 4.79 Å². The van der Waals surface area contributed by atoms with Gasteiger partial charge < -0.3 is 10.1 Å². The van der Waals surface area contributed by atoms with Crippen LogP contribution in [-0.2, 0) is 9.53 Å². The van der Waals surface area contributed by atoms with Crippen LogP contribution in [0.2, 0.25) is 0 Å². The first kappa shape index (κ1) is 15.6. The first-order valence-corrected chi connectivity index (χ1v) is 8.40. The maximum absolute atomic E-state index is 12.3. The Kier molecular flexibility index (Phi) is 4.56. The first-order chi connectivity index (χ1) is 10.6. The van der Waals surface area contributed by atoms with Crippen LogP contribution in [0.1, 0.15) is 30.7 Å². The normalized spacial score (nSPS) is 29.7. The van der Waals surface area contributed by atoms with Crippen molar-refractivity contribution in [3.05, 3.63) is 37.8 Å². The highest BCUT2D eigenvalue weighted by molar-refractivity contribution is 14.1. The summed E-state index contributed by atoms with van der Waals surface area (Å²) in [6.45, 7) is 0. The summed E-state index contributed by atoms with van der Waals surface area (Å²) in [5.41, 5.74) is 10.3. The van der Waals surface area contributed by atoms with E-state index in [9.17, 15) is 4.79 Å². The van der Waals surface area contributed by atoms with E-state index in [-0.39, 0.29) is 23.8 Å². The van der Waals surface area contributed by atoms with Gasteiger partial charge >= 0.3 is 5.97 Å². The van der Waals surface area contributed by atoms with E-state index in [1.54, 1.807) is 0 Å². The average Bonchev–Trinajstić information content (AvgIpc) is 2.90. The zero-order valence-electron chi connectivity index (χ0n) is 12.2. The molecule has 7 heteroatoms. The highest BCUT2D eigenvalue weighted by Gasteiger charge is 2.46. The second kappa shape index (κ2) is 6.44. The lowest BCUT2D eigenvalue weighted by molar-refractivity contribution is -0.148. The van der Waals surface area contributed by atoms with Crippen LogP contribution in [0.3, 0.4) is 0 Å². The van der Waals surface area contributed by atoms with Gasteiger partial charge in [0.2, 0.25) is 0 Å². The van der Waals surface area contributed by atoms with Crippen molar-refractivity contribution in [2.24, 2.45) is 11.0 Å². The molecule has 22 heavy (non-hydrogen) atoms. The number of benzene rings is 1. The Morgan fingerprint density at radius 3 is 3.00 bits per heavy atom. The lowest BCUT2D eigenvalue weighted by atomic mass is 9.77. The molecule has 4 atom stereocenters. The third-order valence-corrected chi connectivity index (χ3v) is 5.57. The van der Waals surface area contributed by atoms with Crippen LogP contribution in [0.4, 0.5) is 5.69 Å². The number of ether oxygens (including phenoxy) is 1. The van der Waals surface area contributed by atoms with Crippen LogP contribution >= 0.6 is 22.6 Å². The van der Waals surface area contributed by atoms with E-state index in [1.165, 1.54) is 7.11 Å². The maximum Gasteiger partial charge on any atom is 0.310 e. The minimum absolute atomic E-state index is 0.142. The van der Waals surface area contributed by atoms with Crippen molar-refractivity contribution >= 4 is 34.2 Å². The van der Waals surface area contributed by atoms with Gasteiger partial charge in [-0.25, -0.2) is 0 Å². The number of nitrogens with one attached hydrogen (secondary N) is 1. The molecule has 6 nitrogen and oxygen atoms in total. The second-order valence-electron chi connectivity index (χ2n) is 5.84. The smallest absolute Gasteiger partial charge is 0.310 e. The fraction of sp³-hybridized carbons (Fsp3) is 0.533.